The molecule has 0 bridgehead atoms. The summed E-state index contributed by atoms with van der Waals surface area (Å²) in [7, 11) is 4.08. The van der Waals surface area contributed by atoms with E-state index in [1.54, 1.807) is 24.3 Å². The standard InChI is InChI=1S/C27H33N3O3/c1-6-33-22-10-8-21(9-11-22)30-26(31)24(23-12-7-18(2)17-19(23)3)25(27(30)32)29(5)20-13-15-28(4)16-14-20/h7-12,17,20H,6,13-16H2,1-5H3. The maximum atomic E-state index is 13.8. The number of nitrogens with zero attached hydrogens (tertiary/aromatic N) is 3. The van der Waals surface area contributed by atoms with E-state index in [9.17, 15) is 9.59 Å². The molecule has 0 radical (unpaired) electrons. The molecule has 1 fully saturated rings. The molecule has 0 atom stereocenters. The van der Waals surface area contributed by atoms with Gasteiger partial charge in [-0.2, -0.15) is 0 Å². The SMILES string of the molecule is CCOc1ccc(N2C(=O)C(c3ccc(C)cc3C)=C(N(C)C3CCN(C)CC3)C2=O)cc1. The Morgan fingerprint density at radius 1 is 1.00 bits per heavy atom. The van der Waals surface area contributed by atoms with E-state index in [-0.39, 0.29) is 17.9 Å². The zero-order chi connectivity index (χ0) is 23.7. The summed E-state index contributed by atoms with van der Waals surface area (Å²) in [4.78, 5) is 33.3. The van der Waals surface area contributed by atoms with E-state index in [1.807, 2.05) is 40.0 Å². The van der Waals surface area contributed by atoms with E-state index in [0.717, 1.165) is 42.6 Å². The van der Waals surface area contributed by atoms with Crippen molar-refractivity contribution in [3.63, 3.8) is 0 Å². The van der Waals surface area contributed by atoms with Crippen LogP contribution in [0.2, 0.25) is 0 Å². The average Bonchev–Trinajstić information content (AvgIpc) is 3.04. The molecule has 2 aliphatic rings. The molecular formula is C27H33N3O3. The number of hydrogen-bond donors (Lipinski definition) is 0. The molecule has 2 aromatic carbocycles. The number of imide groups is 1. The largest absolute Gasteiger partial charge is 0.494 e. The Kier molecular flexibility index (Phi) is 6.56. The maximum Gasteiger partial charge on any atom is 0.282 e. The molecule has 0 spiro atoms. The average molecular weight is 448 g/mol. The number of carbonyl (C=O) groups is 2. The second-order valence-corrected chi connectivity index (χ2v) is 9.06. The maximum absolute atomic E-state index is 13.8. The van der Waals surface area contributed by atoms with Crippen LogP contribution in [0, 0.1) is 13.8 Å². The van der Waals surface area contributed by atoms with Gasteiger partial charge in [-0.15, -0.1) is 0 Å². The van der Waals surface area contributed by atoms with E-state index >= 15 is 0 Å². The van der Waals surface area contributed by atoms with Crippen LogP contribution in [-0.2, 0) is 9.59 Å². The van der Waals surface area contributed by atoms with Crippen LogP contribution < -0.4 is 9.64 Å². The van der Waals surface area contributed by atoms with Gasteiger partial charge in [0.25, 0.3) is 11.8 Å². The summed E-state index contributed by atoms with van der Waals surface area (Å²) in [6.07, 6.45) is 1.92. The predicted molar refractivity (Wildman–Crippen MR) is 131 cm³/mol. The van der Waals surface area contributed by atoms with Gasteiger partial charge < -0.3 is 14.5 Å². The molecule has 6 nitrogen and oxygen atoms in total. The molecule has 0 aromatic heterocycles. The predicted octanol–water partition coefficient (Wildman–Crippen LogP) is 4.01. The van der Waals surface area contributed by atoms with Crippen LogP contribution in [0.1, 0.15) is 36.5 Å². The Labute approximate surface area is 196 Å². The summed E-state index contributed by atoms with van der Waals surface area (Å²) in [6.45, 7) is 8.47. The first kappa shape index (κ1) is 23.1. The third-order valence-corrected chi connectivity index (χ3v) is 6.71. The molecule has 4 rings (SSSR count). The summed E-state index contributed by atoms with van der Waals surface area (Å²) >= 11 is 0. The van der Waals surface area contributed by atoms with E-state index in [1.165, 1.54) is 4.90 Å². The molecule has 6 heteroatoms. The number of rotatable bonds is 6. The number of aryl methyl sites for hydroxylation is 2. The van der Waals surface area contributed by atoms with Gasteiger partial charge in [0.1, 0.15) is 11.4 Å². The smallest absolute Gasteiger partial charge is 0.282 e. The molecular weight excluding hydrogens is 414 g/mol. The quantitative estimate of drug-likeness (QED) is 0.627. The first-order valence-electron chi connectivity index (χ1n) is 11.7. The molecule has 174 valence electrons. The summed E-state index contributed by atoms with van der Waals surface area (Å²) in [5.41, 5.74) is 4.49. The van der Waals surface area contributed by atoms with Crippen LogP contribution in [0.4, 0.5) is 5.69 Å². The number of anilines is 1. The van der Waals surface area contributed by atoms with Crippen molar-refractivity contribution in [1.82, 2.24) is 9.80 Å². The monoisotopic (exact) mass is 447 g/mol. The van der Waals surface area contributed by atoms with Crippen LogP contribution in [0.15, 0.2) is 48.2 Å². The van der Waals surface area contributed by atoms with Crippen molar-refractivity contribution >= 4 is 23.1 Å². The molecule has 1 saturated heterocycles. The third-order valence-electron chi connectivity index (χ3n) is 6.71. The lowest BCUT2D eigenvalue weighted by Gasteiger charge is -2.36. The number of benzene rings is 2. The molecule has 33 heavy (non-hydrogen) atoms. The highest BCUT2D eigenvalue weighted by molar-refractivity contribution is 6.45. The summed E-state index contributed by atoms with van der Waals surface area (Å²) in [5.74, 6) is 0.179. The van der Waals surface area contributed by atoms with Crippen molar-refractivity contribution < 1.29 is 14.3 Å². The fourth-order valence-electron chi connectivity index (χ4n) is 4.84. The van der Waals surface area contributed by atoms with Gasteiger partial charge in [0.05, 0.1) is 17.9 Å². The number of ether oxygens (including phenoxy) is 1. The van der Waals surface area contributed by atoms with Crippen molar-refractivity contribution in [2.24, 2.45) is 0 Å². The lowest BCUT2D eigenvalue weighted by molar-refractivity contribution is -0.120. The Morgan fingerprint density at radius 3 is 2.27 bits per heavy atom. The normalized spacial score (nSPS) is 17.8. The van der Waals surface area contributed by atoms with Gasteiger partial charge >= 0.3 is 0 Å². The third kappa shape index (κ3) is 4.40. The van der Waals surface area contributed by atoms with Crippen molar-refractivity contribution in [2.75, 3.05) is 38.7 Å². The van der Waals surface area contributed by atoms with E-state index < -0.39 is 0 Å². The molecule has 0 aliphatic carbocycles. The van der Waals surface area contributed by atoms with E-state index in [2.05, 4.69) is 22.9 Å². The first-order valence-corrected chi connectivity index (χ1v) is 11.7. The van der Waals surface area contributed by atoms with Crippen molar-refractivity contribution in [3.8, 4) is 5.75 Å². The highest BCUT2D eigenvalue weighted by Gasteiger charge is 2.43. The van der Waals surface area contributed by atoms with Gasteiger partial charge in [-0.3, -0.25) is 9.59 Å². The number of likely N-dealkylation sites (tertiary alicyclic amines) is 1. The lowest BCUT2D eigenvalue weighted by Crippen LogP contribution is -2.43. The fraction of sp³-hybridized carbons (Fsp3) is 0.407. The van der Waals surface area contributed by atoms with Crippen LogP contribution >= 0.6 is 0 Å². The zero-order valence-corrected chi connectivity index (χ0v) is 20.2. The van der Waals surface area contributed by atoms with Crippen LogP contribution in [0.3, 0.4) is 0 Å². The molecule has 2 aliphatic heterocycles. The van der Waals surface area contributed by atoms with E-state index in [4.69, 9.17) is 4.74 Å². The summed E-state index contributed by atoms with van der Waals surface area (Å²) < 4.78 is 5.53. The number of amides is 2. The Balaban J connectivity index is 1.77. The van der Waals surface area contributed by atoms with Crippen LogP contribution in [0.25, 0.3) is 5.57 Å². The van der Waals surface area contributed by atoms with Gasteiger partial charge in [-0.05, 0) is 89.1 Å². The van der Waals surface area contributed by atoms with E-state index in [0.29, 0.717) is 29.3 Å². The second-order valence-electron chi connectivity index (χ2n) is 9.06. The summed E-state index contributed by atoms with van der Waals surface area (Å²) in [6, 6.07) is 13.4. The highest BCUT2D eigenvalue weighted by Crippen LogP contribution is 2.37. The summed E-state index contributed by atoms with van der Waals surface area (Å²) in [5, 5.41) is 0. The molecule has 0 N–H and O–H groups in total. The minimum atomic E-state index is -0.272. The van der Waals surface area contributed by atoms with Gasteiger partial charge in [-0.1, -0.05) is 23.8 Å². The minimum absolute atomic E-state index is 0.217. The Hall–Kier alpha value is -3.12. The van der Waals surface area contributed by atoms with Gasteiger partial charge in [0, 0.05) is 13.1 Å². The molecule has 2 heterocycles. The zero-order valence-electron chi connectivity index (χ0n) is 20.2. The lowest BCUT2D eigenvalue weighted by atomic mass is 9.96. The first-order chi connectivity index (χ1) is 15.8. The number of hydrogen-bond acceptors (Lipinski definition) is 5. The van der Waals surface area contributed by atoms with Crippen molar-refractivity contribution in [2.45, 2.75) is 39.7 Å². The van der Waals surface area contributed by atoms with Crippen molar-refractivity contribution in [1.29, 1.82) is 0 Å². The molecule has 2 amide bonds. The Bertz CT molecular complexity index is 1080. The van der Waals surface area contributed by atoms with Crippen LogP contribution in [0.5, 0.6) is 5.75 Å². The fourth-order valence-corrected chi connectivity index (χ4v) is 4.84. The highest BCUT2D eigenvalue weighted by atomic mass is 16.5. The van der Waals surface area contributed by atoms with Crippen LogP contribution in [-0.4, -0.2) is 61.4 Å². The minimum Gasteiger partial charge on any atom is -0.494 e. The van der Waals surface area contributed by atoms with Gasteiger partial charge in [0.2, 0.25) is 0 Å². The molecule has 2 aromatic rings. The topological polar surface area (TPSA) is 53.1 Å². The Morgan fingerprint density at radius 2 is 1.67 bits per heavy atom. The van der Waals surface area contributed by atoms with Crippen molar-refractivity contribution in [3.05, 3.63) is 64.9 Å². The number of carbonyl (C=O) groups excluding carboxylic acids is 2. The van der Waals surface area contributed by atoms with Gasteiger partial charge in [0.15, 0.2) is 0 Å². The molecule has 0 saturated carbocycles. The molecule has 0 unspecified atom stereocenters. The second kappa shape index (κ2) is 9.40. The number of likely N-dealkylation sites (N-methyl/N-ethyl adjacent to an activating group) is 1. The number of piperidine rings is 1. The van der Waals surface area contributed by atoms with Gasteiger partial charge in [-0.25, -0.2) is 4.90 Å².